The molecule has 0 N–H and O–H groups in total. The summed E-state index contributed by atoms with van der Waals surface area (Å²) in [4.78, 5) is 25.1. The van der Waals surface area contributed by atoms with Crippen LogP contribution in [0.1, 0.15) is 58.9 Å². The quantitative estimate of drug-likeness (QED) is 0.325. The van der Waals surface area contributed by atoms with Crippen molar-refractivity contribution in [2.24, 2.45) is 4.99 Å². The molecule has 1 unspecified atom stereocenters. The summed E-state index contributed by atoms with van der Waals surface area (Å²) in [5.41, 5.74) is 3.48. The largest absolute Gasteiger partial charge is 0.377 e. The van der Waals surface area contributed by atoms with Gasteiger partial charge in [-0.2, -0.15) is 0 Å². The first-order chi connectivity index (χ1) is 13.5. The predicted octanol–water partition coefficient (Wildman–Crippen LogP) is 5.12. The van der Waals surface area contributed by atoms with Gasteiger partial charge in [0, 0.05) is 50.4 Å². The molecule has 0 fully saturated rings. The van der Waals surface area contributed by atoms with Crippen LogP contribution in [0.5, 0.6) is 0 Å². The Hall–Kier alpha value is -1.82. The maximum atomic E-state index is 11.6. The number of thioether (sulfide) groups is 1. The second-order valence-electron chi connectivity index (χ2n) is 6.80. The van der Waals surface area contributed by atoms with Crippen LogP contribution < -0.4 is 4.90 Å². The highest BCUT2D eigenvalue weighted by Crippen LogP contribution is 2.40. The number of nitrogens with zero attached hydrogens (tertiary/aromatic N) is 4. The van der Waals surface area contributed by atoms with E-state index in [1.54, 1.807) is 11.8 Å². The van der Waals surface area contributed by atoms with Crippen LogP contribution in [0.25, 0.3) is 5.70 Å². The lowest BCUT2D eigenvalue weighted by atomic mass is 10.1. The summed E-state index contributed by atoms with van der Waals surface area (Å²) in [6.07, 6.45) is 9.29. The second kappa shape index (κ2) is 12.6. The van der Waals surface area contributed by atoms with Gasteiger partial charge in [0.15, 0.2) is 0 Å². The molecule has 0 spiro atoms. The van der Waals surface area contributed by atoms with Gasteiger partial charge < -0.3 is 9.80 Å². The molecule has 2 rings (SSSR count). The summed E-state index contributed by atoms with van der Waals surface area (Å²) >= 11 is 1.60. The van der Waals surface area contributed by atoms with Gasteiger partial charge in [0.2, 0.25) is 0 Å². The Balaban J connectivity index is 0.00000190. The summed E-state index contributed by atoms with van der Waals surface area (Å²) in [5, 5.41) is 0.939. The third kappa shape index (κ3) is 6.09. The van der Waals surface area contributed by atoms with Crippen LogP contribution >= 0.6 is 11.8 Å². The van der Waals surface area contributed by atoms with E-state index in [9.17, 15) is 4.79 Å². The number of aliphatic imine (C=N–C) groups is 1. The molecule has 1 aromatic rings. The zero-order chi connectivity index (χ0) is 21.1. The number of unbranched alkanes of at least 4 members (excludes halogenated alkanes) is 1. The molecule has 156 valence electrons. The number of carbonyl (C=O) groups excluding carboxylic acids is 1. The molecule has 2 heterocycles. The van der Waals surface area contributed by atoms with Crippen LogP contribution in [0, 0.1) is 0 Å². The maximum Gasteiger partial charge on any atom is 0.149 e. The molecule has 0 radical (unpaired) electrons. The molecule has 6 heteroatoms. The molecule has 1 aliphatic heterocycles. The molecule has 1 aliphatic rings. The Morgan fingerprint density at radius 2 is 2.00 bits per heavy atom. The molecule has 0 saturated heterocycles. The normalized spacial score (nSPS) is 14.2. The highest BCUT2D eigenvalue weighted by atomic mass is 32.2. The molecule has 1 aromatic heterocycles. The minimum atomic E-state index is 0.471. The third-order valence-electron chi connectivity index (χ3n) is 4.73. The predicted molar refractivity (Wildman–Crippen MR) is 123 cm³/mol. The van der Waals surface area contributed by atoms with Gasteiger partial charge in [-0.1, -0.05) is 40.5 Å². The molecular weight excluding hydrogens is 368 g/mol. The summed E-state index contributed by atoms with van der Waals surface area (Å²) in [6.45, 7) is 8.43. The Labute approximate surface area is 175 Å². The van der Waals surface area contributed by atoms with E-state index in [0.717, 1.165) is 46.7 Å². The van der Waals surface area contributed by atoms with E-state index in [1.165, 1.54) is 12.8 Å². The number of rotatable bonds is 9. The summed E-state index contributed by atoms with van der Waals surface area (Å²) in [5.74, 6) is 0.615. The lowest BCUT2D eigenvalue weighted by Gasteiger charge is -2.26. The monoisotopic (exact) mass is 404 g/mol. The highest BCUT2D eigenvalue weighted by Gasteiger charge is 2.24. The molecule has 28 heavy (non-hydrogen) atoms. The van der Waals surface area contributed by atoms with E-state index >= 15 is 0 Å². The SMILES string of the molecule is CC.CCCCC(CC)N(C)C=NC1=C(C=O)CSc2nccc(N(C)C)c21. The van der Waals surface area contributed by atoms with Crippen molar-refractivity contribution < 1.29 is 4.79 Å². The Morgan fingerprint density at radius 1 is 1.29 bits per heavy atom. The fraction of sp³-hybridized carbons (Fsp3) is 0.591. The number of carbonyl (C=O) groups is 1. The topological polar surface area (TPSA) is 48.8 Å². The molecular formula is C22H36N4OS. The van der Waals surface area contributed by atoms with Crippen molar-refractivity contribution in [1.29, 1.82) is 0 Å². The molecule has 5 nitrogen and oxygen atoms in total. The molecule has 1 atom stereocenters. The van der Waals surface area contributed by atoms with Gasteiger partial charge in [0.25, 0.3) is 0 Å². The van der Waals surface area contributed by atoms with Crippen molar-refractivity contribution in [1.82, 2.24) is 9.88 Å². The Morgan fingerprint density at radius 3 is 2.57 bits per heavy atom. The number of aromatic nitrogens is 1. The lowest BCUT2D eigenvalue weighted by Crippen LogP contribution is -2.30. The van der Waals surface area contributed by atoms with E-state index in [-0.39, 0.29) is 0 Å². The maximum absolute atomic E-state index is 11.6. The second-order valence-corrected chi connectivity index (χ2v) is 7.76. The first-order valence-corrected chi connectivity index (χ1v) is 11.3. The van der Waals surface area contributed by atoms with Gasteiger partial charge in [-0.15, -0.1) is 11.8 Å². The van der Waals surface area contributed by atoms with Gasteiger partial charge in [-0.25, -0.2) is 9.98 Å². The number of hydrogen-bond acceptors (Lipinski definition) is 5. The van der Waals surface area contributed by atoms with Crippen molar-refractivity contribution in [3.8, 4) is 0 Å². The van der Waals surface area contributed by atoms with Crippen LogP contribution in [-0.4, -0.2) is 55.4 Å². The van der Waals surface area contributed by atoms with E-state index in [0.29, 0.717) is 11.8 Å². The summed E-state index contributed by atoms with van der Waals surface area (Å²) < 4.78 is 0. The smallest absolute Gasteiger partial charge is 0.149 e. The van der Waals surface area contributed by atoms with E-state index in [1.807, 2.05) is 51.4 Å². The number of hydrogen-bond donors (Lipinski definition) is 0. The molecule has 0 aliphatic carbocycles. The molecule has 0 saturated carbocycles. The summed E-state index contributed by atoms with van der Waals surface area (Å²) in [6, 6.07) is 2.45. The van der Waals surface area contributed by atoms with Crippen LogP contribution in [0.2, 0.25) is 0 Å². The number of pyridine rings is 1. The van der Waals surface area contributed by atoms with Crippen LogP contribution in [0.3, 0.4) is 0 Å². The van der Waals surface area contributed by atoms with Crippen LogP contribution in [0.4, 0.5) is 5.69 Å². The van der Waals surface area contributed by atoms with Gasteiger partial charge in [-0.05, 0) is 18.9 Å². The molecule has 0 aromatic carbocycles. The molecule has 0 amide bonds. The van der Waals surface area contributed by atoms with Gasteiger partial charge in [0.1, 0.15) is 11.3 Å². The van der Waals surface area contributed by atoms with Gasteiger partial charge in [-0.3, -0.25) is 4.79 Å². The number of aldehydes is 1. The van der Waals surface area contributed by atoms with Crippen molar-refractivity contribution >= 4 is 35.8 Å². The van der Waals surface area contributed by atoms with Gasteiger partial charge in [0.05, 0.1) is 17.6 Å². The third-order valence-corrected chi connectivity index (χ3v) is 5.77. The van der Waals surface area contributed by atoms with Crippen molar-refractivity contribution in [2.75, 3.05) is 31.8 Å². The van der Waals surface area contributed by atoms with E-state index < -0.39 is 0 Å². The Bertz CT molecular complexity index is 685. The average molecular weight is 405 g/mol. The van der Waals surface area contributed by atoms with E-state index in [4.69, 9.17) is 4.99 Å². The first kappa shape index (κ1) is 24.2. The summed E-state index contributed by atoms with van der Waals surface area (Å²) in [7, 11) is 6.07. The van der Waals surface area contributed by atoms with Gasteiger partial charge >= 0.3 is 0 Å². The van der Waals surface area contributed by atoms with Crippen molar-refractivity contribution in [3.05, 3.63) is 23.4 Å². The zero-order valence-corrected chi connectivity index (χ0v) is 19.3. The fourth-order valence-electron chi connectivity index (χ4n) is 3.13. The van der Waals surface area contributed by atoms with Crippen LogP contribution in [0.15, 0.2) is 27.9 Å². The number of fused-ring (bicyclic) bond motifs is 1. The van der Waals surface area contributed by atoms with Crippen molar-refractivity contribution in [2.45, 2.75) is 64.4 Å². The minimum Gasteiger partial charge on any atom is -0.377 e. The first-order valence-electron chi connectivity index (χ1n) is 10.3. The van der Waals surface area contributed by atoms with Crippen molar-refractivity contribution in [3.63, 3.8) is 0 Å². The minimum absolute atomic E-state index is 0.471. The fourth-order valence-corrected chi connectivity index (χ4v) is 4.11. The number of anilines is 1. The zero-order valence-electron chi connectivity index (χ0n) is 18.5. The average Bonchev–Trinajstić information content (AvgIpc) is 2.73. The molecule has 0 bridgehead atoms. The highest BCUT2D eigenvalue weighted by molar-refractivity contribution is 7.99. The van der Waals surface area contributed by atoms with E-state index in [2.05, 4.69) is 30.8 Å². The standard InChI is InChI=1S/C20H30N4OS.C2H6/c1-6-8-9-16(7-2)24(5)14-22-19-15(12-25)13-26-20-18(19)17(23(3)4)10-11-21-20;1-2/h10-12,14,16H,6-9,13H2,1-5H3;1-2H3. The van der Waals surface area contributed by atoms with Crippen LogP contribution in [-0.2, 0) is 4.79 Å². The lowest BCUT2D eigenvalue weighted by molar-refractivity contribution is -0.104. The Kier molecular flexibility index (Phi) is 10.9.